The van der Waals surface area contributed by atoms with Gasteiger partial charge in [-0.1, -0.05) is 11.6 Å². The average Bonchev–Trinajstić information content (AvgIpc) is 2.59. The van der Waals surface area contributed by atoms with Crippen LogP contribution in [-0.2, 0) is 4.79 Å². The highest BCUT2D eigenvalue weighted by Gasteiger charge is 2.19. The summed E-state index contributed by atoms with van der Waals surface area (Å²) in [6.45, 7) is 5.28. The maximum atomic E-state index is 12.4. The molecule has 0 spiro atoms. The van der Waals surface area contributed by atoms with Crippen LogP contribution in [0.1, 0.15) is 18.1 Å². The Morgan fingerprint density at radius 1 is 1.23 bits per heavy atom. The summed E-state index contributed by atoms with van der Waals surface area (Å²) >= 11 is 6.13. The van der Waals surface area contributed by atoms with Gasteiger partial charge >= 0.3 is 0 Å². The third-order valence-corrected chi connectivity index (χ3v) is 4.34. The van der Waals surface area contributed by atoms with Gasteiger partial charge in [-0.3, -0.25) is 14.9 Å². The number of nitro benzene ring substituents is 1. The van der Waals surface area contributed by atoms with Crippen molar-refractivity contribution >= 4 is 28.9 Å². The number of methoxy groups -OCH3 is 1. The van der Waals surface area contributed by atoms with Gasteiger partial charge in [-0.15, -0.1) is 0 Å². The van der Waals surface area contributed by atoms with Gasteiger partial charge in [0.1, 0.15) is 11.5 Å². The lowest BCUT2D eigenvalue weighted by Crippen LogP contribution is -2.30. The van der Waals surface area contributed by atoms with Crippen molar-refractivity contribution in [2.45, 2.75) is 26.9 Å². The van der Waals surface area contributed by atoms with E-state index in [0.717, 1.165) is 11.1 Å². The Morgan fingerprint density at radius 3 is 2.38 bits per heavy atom. The number of ether oxygens (including phenoxy) is 2. The van der Waals surface area contributed by atoms with Crippen LogP contribution < -0.4 is 14.8 Å². The highest BCUT2D eigenvalue weighted by Crippen LogP contribution is 2.30. The average molecular weight is 379 g/mol. The molecule has 0 unspecified atom stereocenters. The number of anilines is 1. The van der Waals surface area contributed by atoms with E-state index in [1.165, 1.54) is 25.3 Å². The van der Waals surface area contributed by atoms with Crippen LogP contribution in [0.4, 0.5) is 11.4 Å². The first kappa shape index (κ1) is 19.5. The molecule has 8 heteroatoms. The molecule has 1 atom stereocenters. The van der Waals surface area contributed by atoms with Crippen molar-refractivity contribution in [1.29, 1.82) is 0 Å². The van der Waals surface area contributed by atoms with Crippen LogP contribution in [0.3, 0.4) is 0 Å². The number of rotatable bonds is 6. The smallest absolute Gasteiger partial charge is 0.271 e. The first-order valence-electron chi connectivity index (χ1n) is 7.79. The van der Waals surface area contributed by atoms with Gasteiger partial charge in [0, 0.05) is 17.2 Å². The van der Waals surface area contributed by atoms with Gasteiger partial charge in [0.2, 0.25) is 0 Å². The zero-order valence-corrected chi connectivity index (χ0v) is 15.6. The van der Waals surface area contributed by atoms with Crippen LogP contribution in [0.2, 0.25) is 5.02 Å². The molecule has 0 saturated carbocycles. The molecule has 0 fully saturated rings. The number of carbonyl (C=O) groups is 1. The van der Waals surface area contributed by atoms with Gasteiger partial charge in [0.15, 0.2) is 6.10 Å². The Bertz CT molecular complexity index is 830. The molecule has 7 nitrogen and oxygen atoms in total. The molecule has 2 aromatic carbocycles. The second kappa shape index (κ2) is 8.05. The fourth-order valence-corrected chi connectivity index (χ4v) is 2.48. The summed E-state index contributed by atoms with van der Waals surface area (Å²) < 4.78 is 10.8. The maximum Gasteiger partial charge on any atom is 0.271 e. The van der Waals surface area contributed by atoms with E-state index in [1.807, 2.05) is 13.8 Å². The predicted molar refractivity (Wildman–Crippen MR) is 99.3 cm³/mol. The van der Waals surface area contributed by atoms with Crippen molar-refractivity contribution in [3.05, 3.63) is 56.6 Å². The molecule has 0 aliphatic rings. The van der Waals surface area contributed by atoms with E-state index in [-0.39, 0.29) is 11.4 Å². The number of hydrogen-bond donors (Lipinski definition) is 1. The molecule has 0 heterocycles. The number of nitrogens with one attached hydrogen (secondary N) is 1. The van der Waals surface area contributed by atoms with E-state index in [9.17, 15) is 14.9 Å². The Labute approximate surface area is 156 Å². The molecule has 1 N–H and O–H groups in total. The maximum absolute atomic E-state index is 12.4. The standard InChI is InChI=1S/C18H19ClN2O5/c1-10-7-14(8-11(2)17(10)19)26-12(3)18(22)20-15-9-13(21(23)24)5-6-16(15)25-4/h5-9,12H,1-4H3,(H,20,22)/t12-/m1/s1. The summed E-state index contributed by atoms with van der Waals surface area (Å²) in [7, 11) is 1.41. The predicted octanol–water partition coefficient (Wildman–Crippen LogP) is 4.28. The lowest BCUT2D eigenvalue weighted by atomic mass is 10.1. The van der Waals surface area contributed by atoms with E-state index in [2.05, 4.69) is 5.32 Å². The van der Waals surface area contributed by atoms with Gasteiger partial charge < -0.3 is 14.8 Å². The molecular weight excluding hydrogens is 360 g/mol. The van der Waals surface area contributed by atoms with Crippen molar-refractivity contribution in [3.63, 3.8) is 0 Å². The topological polar surface area (TPSA) is 90.7 Å². The zero-order chi connectivity index (χ0) is 19.4. The Balaban J connectivity index is 2.17. The van der Waals surface area contributed by atoms with Crippen LogP contribution in [0, 0.1) is 24.0 Å². The van der Waals surface area contributed by atoms with Crippen LogP contribution in [-0.4, -0.2) is 24.0 Å². The van der Waals surface area contributed by atoms with Crippen molar-refractivity contribution in [2.24, 2.45) is 0 Å². The molecule has 138 valence electrons. The lowest BCUT2D eigenvalue weighted by Gasteiger charge is -2.17. The minimum atomic E-state index is -0.834. The van der Waals surface area contributed by atoms with Crippen LogP contribution in [0.15, 0.2) is 30.3 Å². The fraction of sp³-hybridized carbons (Fsp3) is 0.278. The molecule has 0 aliphatic carbocycles. The Kier molecular flexibility index (Phi) is 6.05. The lowest BCUT2D eigenvalue weighted by molar-refractivity contribution is -0.384. The fourth-order valence-electron chi connectivity index (χ4n) is 2.37. The van der Waals surface area contributed by atoms with Gasteiger partial charge in [0.05, 0.1) is 17.7 Å². The summed E-state index contributed by atoms with van der Waals surface area (Å²) in [6, 6.07) is 7.44. The molecule has 0 saturated heterocycles. The molecule has 0 aromatic heterocycles. The number of benzene rings is 2. The normalized spacial score (nSPS) is 11.6. The van der Waals surface area contributed by atoms with Crippen molar-refractivity contribution in [2.75, 3.05) is 12.4 Å². The molecule has 0 bridgehead atoms. The number of amides is 1. The van der Waals surface area contributed by atoms with Gasteiger partial charge in [0.25, 0.3) is 11.6 Å². The zero-order valence-electron chi connectivity index (χ0n) is 14.8. The highest BCUT2D eigenvalue weighted by atomic mass is 35.5. The third-order valence-electron chi connectivity index (χ3n) is 3.74. The number of aryl methyl sites for hydroxylation is 2. The monoisotopic (exact) mass is 378 g/mol. The number of nitrogens with zero attached hydrogens (tertiary/aromatic N) is 1. The number of halogens is 1. The van der Waals surface area contributed by atoms with Gasteiger partial charge in [-0.25, -0.2) is 0 Å². The molecule has 2 rings (SSSR count). The summed E-state index contributed by atoms with van der Waals surface area (Å²) in [6.07, 6.45) is -0.834. The van der Waals surface area contributed by atoms with Gasteiger partial charge in [-0.05, 0) is 50.1 Å². The summed E-state index contributed by atoms with van der Waals surface area (Å²) in [4.78, 5) is 22.8. The number of carbonyl (C=O) groups excluding carboxylic acids is 1. The second-order valence-corrected chi connectivity index (χ2v) is 6.14. The third kappa shape index (κ3) is 4.43. The van der Waals surface area contributed by atoms with Crippen LogP contribution in [0.5, 0.6) is 11.5 Å². The first-order valence-corrected chi connectivity index (χ1v) is 8.17. The molecule has 0 aliphatic heterocycles. The molecular formula is C18H19ClN2O5. The van der Waals surface area contributed by atoms with E-state index < -0.39 is 16.9 Å². The van der Waals surface area contributed by atoms with E-state index >= 15 is 0 Å². The number of hydrogen-bond acceptors (Lipinski definition) is 5. The summed E-state index contributed by atoms with van der Waals surface area (Å²) in [5.74, 6) is 0.362. The molecule has 26 heavy (non-hydrogen) atoms. The minimum absolute atomic E-state index is 0.154. The van der Waals surface area contributed by atoms with Crippen molar-refractivity contribution < 1.29 is 19.2 Å². The van der Waals surface area contributed by atoms with Crippen LogP contribution >= 0.6 is 11.6 Å². The first-order chi connectivity index (χ1) is 12.2. The summed E-state index contributed by atoms with van der Waals surface area (Å²) in [5, 5.41) is 14.2. The van der Waals surface area contributed by atoms with E-state index in [0.29, 0.717) is 16.5 Å². The summed E-state index contributed by atoms with van der Waals surface area (Å²) in [5.41, 5.74) is 1.73. The highest BCUT2D eigenvalue weighted by molar-refractivity contribution is 6.32. The Hall–Kier alpha value is -2.80. The molecule has 1 amide bonds. The SMILES string of the molecule is COc1ccc([N+](=O)[O-])cc1NC(=O)[C@@H](C)Oc1cc(C)c(Cl)c(C)c1. The molecule has 0 radical (unpaired) electrons. The number of nitro groups is 1. The largest absolute Gasteiger partial charge is 0.495 e. The minimum Gasteiger partial charge on any atom is -0.495 e. The number of non-ortho nitro benzene ring substituents is 1. The quantitative estimate of drug-likeness (QED) is 0.598. The van der Waals surface area contributed by atoms with E-state index in [4.69, 9.17) is 21.1 Å². The second-order valence-electron chi connectivity index (χ2n) is 5.76. The van der Waals surface area contributed by atoms with Crippen LogP contribution in [0.25, 0.3) is 0 Å². The van der Waals surface area contributed by atoms with E-state index in [1.54, 1.807) is 19.1 Å². The van der Waals surface area contributed by atoms with Crippen molar-refractivity contribution in [3.8, 4) is 11.5 Å². The van der Waals surface area contributed by atoms with Crippen molar-refractivity contribution in [1.82, 2.24) is 0 Å². The molecule has 2 aromatic rings. The Morgan fingerprint density at radius 2 is 1.85 bits per heavy atom. The van der Waals surface area contributed by atoms with Gasteiger partial charge in [-0.2, -0.15) is 0 Å².